The van der Waals surface area contributed by atoms with E-state index in [2.05, 4.69) is 23.0 Å². The first-order valence-electron chi connectivity index (χ1n) is 2.08. The van der Waals surface area contributed by atoms with E-state index in [1.54, 1.807) is 0 Å². The van der Waals surface area contributed by atoms with Gasteiger partial charge in [0.15, 0.2) is 0 Å². The van der Waals surface area contributed by atoms with Crippen molar-refractivity contribution in [2.75, 3.05) is 6.61 Å². The van der Waals surface area contributed by atoms with Gasteiger partial charge in [0.1, 0.15) is 4.70 Å². The van der Waals surface area contributed by atoms with E-state index in [1.807, 2.05) is 0 Å². The lowest BCUT2D eigenvalue weighted by Crippen LogP contribution is -2.04. The summed E-state index contributed by atoms with van der Waals surface area (Å²) in [5, 5.41) is 0. The zero-order chi connectivity index (χ0) is 7.33. The highest BCUT2D eigenvalue weighted by Crippen LogP contribution is 1.87. The Morgan fingerprint density at radius 3 is 2.56 bits per heavy atom. The van der Waals surface area contributed by atoms with Crippen molar-refractivity contribution >= 4 is 27.0 Å². The SMILES string of the molecule is C=CCOS(=O)(=O)C=S. The average molecular weight is 166 g/mol. The Morgan fingerprint density at radius 2 is 2.22 bits per heavy atom. The number of hydrogen-bond donors (Lipinski definition) is 0. The lowest BCUT2D eigenvalue weighted by molar-refractivity contribution is 0.368. The largest absolute Gasteiger partial charge is 0.300 e. The fraction of sp³-hybridized carbons (Fsp3) is 0.250. The summed E-state index contributed by atoms with van der Waals surface area (Å²) in [6, 6.07) is 0. The first-order chi connectivity index (χ1) is 4.12. The van der Waals surface area contributed by atoms with Gasteiger partial charge in [0.05, 0.1) is 6.61 Å². The molecule has 0 heterocycles. The van der Waals surface area contributed by atoms with Gasteiger partial charge in [-0.1, -0.05) is 18.3 Å². The van der Waals surface area contributed by atoms with Crippen LogP contribution in [0.2, 0.25) is 0 Å². The molecule has 0 aliphatic rings. The van der Waals surface area contributed by atoms with Crippen LogP contribution in [0.25, 0.3) is 0 Å². The Kier molecular flexibility index (Phi) is 3.60. The van der Waals surface area contributed by atoms with Gasteiger partial charge in [-0.25, -0.2) is 0 Å². The molecule has 0 N–H and O–H groups in total. The smallest absolute Gasteiger partial charge is 0.262 e. The fourth-order valence-corrected chi connectivity index (χ4v) is 0.679. The maximum Gasteiger partial charge on any atom is 0.300 e. The van der Waals surface area contributed by atoms with Gasteiger partial charge >= 0.3 is 10.1 Å². The third-order valence-electron chi connectivity index (χ3n) is 0.468. The van der Waals surface area contributed by atoms with Crippen LogP contribution in [0.5, 0.6) is 0 Å². The highest BCUT2D eigenvalue weighted by molar-refractivity contribution is 8.11. The van der Waals surface area contributed by atoms with Gasteiger partial charge in [0.25, 0.3) is 0 Å². The first-order valence-corrected chi connectivity index (χ1v) is 4.02. The van der Waals surface area contributed by atoms with Crippen LogP contribution in [-0.4, -0.2) is 19.7 Å². The Balaban J connectivity index is 3.89. The van der Waals surface area contributed by atoms with Crippen molar-refractivity contribution in [1.29, 1.82) is 0 Å². The Bertz CT molecular complexity index is 192. The van der Waals surface area contributed by atoms with E-state index >= 15 is 0 Å². The molecule has 0 radical (unpaired) electrons. The molecule has 0 fully saturated rings. The van der Waals surface area contributed by atoms with Crippen molar-refractivity contribution < 1.29 is 12.6 Å². The lowest BCUT2D eigenvalue weighted by Gasteiger charge is -1.92. The third-order valence-corrected chi connectivity index (χ3v) is 1.88. The lowest BCUT2D eigenvalue weighted by atomic mass is 10.7. The van der Waals surface area contributed by atoms with Gasteiger partial charge in [0.2, 0.25) is 0 Å². The van der Waals surface area contributed by atoms with Crippen molar-refractivity contribution in [3.8, 4) is 0 Å². The molecule has 0 spiro atoms. The predicted molar refractivity (Wildman–Crippen MR) is 38.7 cm³/mol. The monoisotopic (exact) mass is 166 g/mol. The second-order valence-electron chi connectivity index (χ2n) is 1.16. The second kappa shape index (κ2) is 3.71. The quantitative estimate of drug-likeness (QED) is 0.346. The maximum atomic E-state index is 10.3. The van der Waals surface area contributed by atoms with E-state index in [0.29, 0.717) is 4.70 Å². The topological polar surface area (TPSA) is 43.4 Å². The maximum absolute atomic E-state index is 10.3. The molecule has 0 atom stereocenters. The molecular weight excluding hydrogens is 160 g/mol. The molecule has 0 bridgehead atoms. The molecule has 0 saturated carbocycles. The Labute approximate surface area is 59.5 Å². The summed E-state index contributed by atoms with van der Waals surface area (Å²) in [5.74, 6) is 0. The van der Waals surface area contributed by atoms with E-state index in [1.165, 1.54) is 6.08 Å². The number of hydrogen-bond acceptors (Lipinski definition) is 4. The summed E-state index contributed by atoms with van der Waals surface area (Å²) in [7, 11) is -3.56. The van der Waals surface area contributed by atoms with Gasteiger partial charge in [-0.15, -0.1) is 6.58 Å². The molecule has 0 rings (SSSR count). The van der Waals surface area contributed by atoms with Crippen LogP contribution in [0.15, 0.2) is 12.7 Å². The van der Waals surface area contributed by atoms with Crippen LogP contribution in [0.4, 0.5) is 0 Å². The van der Waals surface area contributed by atoms with Crippen LogP contribution in [0, 0.1) is 0 Å². The molecule has 9 heavy (non-hydrogen) atoms. The molecule has 0 saturated heterocycles. The van der Waals surface area contributed by atoms with Crippen LogP contribution >= 0.6 is 12.2 Å². The molecule has 0 aliphatic heterocycles. The minimum Gasteiger partial charge on any atom is -0.262 e. The molecule has 0 aromatic heterocycles. The predicted octanol–water partition coefficient (Wildman–Crippen LogP) is 0.476. The van der Waals surface area contributed by atoms with Gasteiger partial charge in [0, 0.05) is 0 Å². The molecule has 0 aliphatic carbocycles. The highest BCUT2D eigenvalue weighted by Gasteiger charge is 2.01. The van der Waals surface area contributed by atoms with E-state index < -0.39 is 10.1 Å². The zero-order valence-electron chi connectivity index (χ0n) is 4.61. The van der Waals surface area contributed by atoms with Crippen LogP contribution in [0.1, 0.15) is 0 Å². The second-order valence-corrected chi connectivity index (χ2v) is 3.15. The normalized spacial score (nSPS) is 10.7. The number of thiocarbonyl (C=S) groups is 1. The highest BCUT2D eigenvalue weighted by atomic mass is 32.2. The van der Waals surface area contributed by atoms with E-state index in [-0.39, 0.29) is 6.61 Å². The molecule has 0 aromatic carbocycles. The molecular formula is C4H6O3S2. The van der Waals surface area contributed by atoms with E-state index in [9.17, 15) is 8.42 Å². The fourth-order valence-electron chi connectivity index (χ4n) is 0.171. The molecule has 0 amide bonds. The molecule has 0 aromatic rings. The summed E-state index contributed by atoms with van der Waals surface area (Å²) in [6.07, 6.45) is 1.33. The molecule has 52 valence electrons. The molecule has 0 unspecified atom stereocenters. The van der Waals surface area contributed by atoms with Crippen molar-refractivity contribution in [2.24, 2.45) is 0 Å². The van der Waals surface area contributed by atoms with Crippen molar-refractivity contribution in [2.45, 2.75) is 0 Å². The van der Waals surface area contributed by atoms with Gasteiger partial charge in [-0.2, -0.15) is 8.42 Å². The minimum absolute atomic E-state index is 0.0323. The Morgan fingerprint density at radius 1 is 1.67 bits per heavy atom. The van der Waals surface area contributed by atoms with Gasteiger partial charge < -0.3 is 0 Å². The molecule has 5 heteroatoms. The standard InChI is InChI=1S/C4H6O3S2/c1-2-3-7-9(5,6)4-8/h2,4H,1,3H2. The summed E-state index contributed by atoms with van der Waals surface area (Å²) in [6.45, 7) is 3.23. The van der Waals surface area contributed by atoms with Crippen LogP contribution < -0.4 is 0 Å². The Hall–Kier alpha value is -0.260. The number of rotatable bonds is 4. The summed E-state index contributed by atoms with van der Waals surface area (Å²) in [4.78, 5) is 0. The van der Waals surface area contributed by atoms with Crippen LogP contribution in [-0.2, 0) is 14.3 Å². The van der Waals surface area contributed by atoms with E-state index in [0.717, 1.165) is 0 Å². The summed E-state index contributed by atoms with van der Waals surface area (Å²) >= 11 is 4.13. The third kappa shape index (κ3) is 4.26. The summed E-state index contributed by atoms with van der Waals surface area (Å²) < 4.78 is 25.5. The zero-order valence-corrected chi connectivity index (χ0v) is 6.24. The van der Waals surface area contributed by atoms with Crippen molar-refractivity contribution in [3.63, 3.8) is 0 Å². The van der Waals surface area contributed by atoms with Crippen molar-refractivity contribution in [3.05, 3.63) is 12.7 Å². The first kappa shape index (κ1) is 8.74. The van der Waals surface area contributed by atoms with Gasteiger partial charge in [-0.05, 0) is 0 Å². The van der Waals surface area contributed by atoms with Crippen LogP contribution in [0.3, 0.4) is 0 Å². The van der Waals surface area contributed by atoms with Gasteiger partial charge in [-0.3, -0.25) is 4.18 Å². The van der Waals surface area contributed by atoms with E-state index in [4.69, 9.17) is 0 Å². The van der Waals surface area contributed by atoms with Crippen molar-refractivity contribution in [1.82, 2.24) is 0 Å². The minimum atomic E-state index is -3.56. The summed E-state index contributed by atoms with van der Waals surface area (Å²) in [5.41, 5.74) is 0. The molecule has 3 nitrogen and oxygen atoms in total. The average Bonchev–Trinajstić information content (AvgIpc) is 1.84.